The number of nitrogens with zero attached hydrogens (tertiary/aromatic N) is 4. The van der Waals surface area contributed by atoms with E-state index in [9.17, 15) is 13.2 Å². The van der Waals surface area contributed by atoms with E-state index in [4.69, 9.17) is 0 Å². The number of nitrogens with one attached hydrogen (secondary N) is 1. The van der Waals surface area contributed by atoms with Gasteiger partial charge < -0.3 is 5.32 Å². The third-order valence-corrected chi connectivity index (χ3v) is 2.99. The van der Waals surface area contributed by atoms with Gasteiger partial charge in [-0.2, -0.15) is 4.80 Å². The predicted molar refractivity (Wildman–Crippen MR) is 69.9 cm³/mol. The van der Waals surface area contributed by atoms with Crippen molar-refractivity contribution in [3.05, 3.63) is 41.0 Å². The van der Waals surface area contributed by atoms with Gasteiger partial charge in [-0.15, -0.1) is 10.2 Å². The molecule has 0 amide bonds. The van der Waals surface area contributed by atoms with Gasteiger partial charge in [0.05, 0.1) is 7.05 Å². The van der Waals surface area contributed by atoms with Crippen molar-refractivity contribution in [1.29, 1.82) is 0 Å². The van der Waals surface area contributed by atoms with Crippen LogP contribution in [0.1, 0.15) is 30.8 Å². The average molecular weight is 299 g/mol. The van der Waals surface area contributed by atoms with Gasteiger partial charge in [-0.3, -0.25) is 0 Å². The van der Waals surface area contributed by atoms with E-state index >= 15 is 0 Å². The molecule has 0 spiro atoms. The van der Waals surface area contributed by atoms with Gasteiger partial charge in [0, 0.05) is 12.5 Å². The number of aromatic nitrogens is 4. The predicted octanol–water partition coefficient (Wildman–Crippen LogP) is 1.91. The minimum atomic E-state index is -1.47. The molecular weight excluding hydrogens is 283 g/mol. The van der Waals surface area contributed by atoms with Gasteiger partial charge >= 0.3 is 0 Å². The van der Waals surface area contributed by atoms with Crippen molar-refractivity contribution < 1.29 is 13.2 Å². The van der Waals surface area contributed by atoms with Crippen LogP contribution in [0.15, 0.2) is 12.1 Å². The van der Waals surface area contributed by atoms with Crippen LogP contribution in [0.25, 0.3) is 0 Å². The first kappa shape index (κ1) is 15.4. The molecule has 2 aromatic rings. The van der Waals surface area contributed by atoms with E-state index in [1.165, 1.54) is 4.80 Å². The number of hydrogen-bond acceptors (Lipinski definition) is 4. The molecule has 0 aliphatic carbocycles. The Kier molecular flexibility index (Phi) is 4.89. The molecule has 114 valence electrons. The van der Waals surface area contributed by atoms with Gasteiger partial charge in [0.2, 0.25) is 0 Å². The number of tetrazole rings is 1. The van der Waals surface area contributed by atoms with Crippen LogP contribution < -0.4 is 5.32 Å². The van der Waals surface area contributed by atoms with Gasteiger partial charge in [0.15, 0.2) is 23.3 Å². The standard InChI is InChI=1S/C13H16F3N5/c1-3-4-17-11(7-12-18-20-21(2)19-12)8-5-9(14)13(16)10(15)6-8/h5-6,11,17H,3-4,7H2,1-2H3. The summed E-state index contributed by atoms with van der Waals surface area (Å²) in [5.74, 6) is -3.44. The summed E-state index contributed by atoms with van der Waals surface area (Å²) in [7, 11) is 1.63. The first-order chi connectivity index (χ1) is 10.0. The Labute approximate surface area is 120 Å². The molecule has 1 heterocycles. The van der Waals surface area contributed by atoms with E-state index in [-0.39, 0.29) is 0 Å². The summed E-state index contributed by atoms with van der Waals surface area (Å²) in [5.41, 5.74) is 0.312. The Hall–Kier alpha value is -1.96. The normalized spacial score (nSPS) is 12.6. The summed E-state index contributed by atoms with van der Waals surface area (Å²) in [6.07, 6.45) is 1.15. The van der Waals surface area contributed by atoms with Crippen molar-refractivity contribution >= 4 is 0 Å². The van der Waals surface area contributed by atoms with Gasteiger partial charge in [-0.05, 0) is 35.9 Å². The zero-order chi connectivity index (χ0) is 15.4. The van der Waals surface area contributed by atoms with Crippen molar-refractivity contribution in [1.82, 2.24) is 25.5 Å². The molecule has 1 aromatic carbocycles. The lowest BCUT2D eigenvalue weighted by Gasteiger charge is -2.17. The van der Waals surface area contributed by atoms with Crippen molar-refractivity contribution in [2.24, 2.45) is 7.05 Å². The molecule has 0 bridgehead atoms. The van der Waals surface area contributed by atoms with E-state index in [1.54, 1.807) is 7.05 Å². The highest BCUT2D eigenvalue weighted by Gasteiger charge is 2.19. The maximum Gasteiger partial charge on any atom is 0.194 e. The third kappa shape index (κ3) is 3.78. The highest BCUT2D eigenvalue weighted by Crippen LogP contribution is 2.21. The lowest BCUT2D eigenvalue weighted by Crippen LogP contribution is -2.25. The molecule has 2 rings (SSSR count). The topological polar surface area (TPSA) is 55.6 Å². The van der Waals surface area contributed by atoms with Crippen LogP contribution in [0.2, 0.25) is 0 Å². The molecular formula is C13H16F3N5. The molecule has 8 heteroatoms. The van der Waals surface area contributed by atoms with Crippen molar-refractivity contribution in [2.75, 3.05) is 6.54 Å². The summed E-state index contributed by atoms with van der Waals surface area (Å²) in [6, 6.07) is 1.56. The van der Waals surface area contributed by atoms with Crippen LogP contribution in [-0.2, 0) is 13.5 Å². The minimum absolute atomic E-state index is 0.304. The van der Waals surface area contributed by atoms with Crippen LogP contribution in [0.3, 0.4) is 0 Å². The largest absolute Gasteiger partial charge is 0.310 e. The molecule has 1 atom stereocenters. The molecule has 1 aromatic heterocycles. The first-order valence-electron chi connectivity index (χ1n) is 6.62. The molecule has 0 aliphatic rings. The molecule has 21 heavy (non-hydrogen) atoms. The summed E-state index contributed by atoms with van der Waals surface area (Å²) in [6.45, 7) is 2.61. The van der Waals surface area contributed by atoms with Crippen LogP contribution in [-0.4, -0.2) is 26.8 Å². The quantitative estimate of drug-likeness (QED) is 0.828. The lowest BCUT2D eigenvalue weighted by atomic mass is 10.0. The van der Waals surface area contributed by atoms with E-state index in [0.717, 1.165) is 18.6 Å². The number of hydrogen-bond donors (Lipinski definition) is 1. The van der Waals surface area contributed by atoms with Crippen LogP contribution >= 0.6 is 0 Å². The zero-order valence-electron chi connectivity index (χ0n) is 11.8. The van der Waals surface area contributed by atoms with Gasteiger partial charge in [-0.25, -0.2) is 13.2 Å². The highest BCUT2D eigenvalue weighted by molar-refractivity contribution is 5.23. The Morgan fingerprint density at radius 3 is 2.43 bits per heavy atom. The monoisotopic (exact) mass is 299 g/mol. The average Bonchev–Trinajstić information content (AvgIpc) is 2.85. The van der Waals surface area contributed by atoms with E-state index in [1.807, 2.05) is 6.92 Å². The van der Waals surface area contributed by atoms with E-state index < -0.39 is 23.5 Å². The molecule has 1 N–H and O–H groups in total. The molecule has 0 saturated heterocycles. The molecule has 0 saturated carbocycles. The number of benzene rings is 1. The maximum absolute atomic E-state index is 13.4. The van der Waals surface area contributed by atoms with Gasteiger partial charge in [-0.1, -0.05) is 6.92 Å². The fourth-order valence-electron chi connectivity index (χ4n) is 1.99. The third-order valence-electron chi connectivity index (χ3n) is 2.99. The zero-order valence-corrected chi connectivity index (χ0v) is 11.8. The van der Waals surface area contributed by atoms with Crippen molar-refractivity contribution in [3.63, 3.8) is 0 Å². The second kappa shape index (κ2) is 6.66. The summed E-state index contributed by atoms with van der Waals surface area (Å²) >= 11 is 0. The Morgan fingerprint density at radius 2 is 1.90 bits per heavy atom. The molecule has 0 fully saturated rings. The Morgan fingerprint density at radius 1 is 1.24 bits per heavy atom. The van der Waals surface area contributed by atoms with Crippen molar-refractivity contribution in [2.45, 2.75) is 25.8 Å². The minimum Gasteiger partial charge on any atom is -0.310 e. The highest BCUT2D eigenvalue weighted by atomic mass is 19.2. The van der Waals surface area contributed by atoms with Crippen LogP contribution in [0.4, 0.5) is 13.2 Å². The lowest BCUT2D eigenvalue weighted by molar-refractivity contribution is 0.437. The molecule has 0 radical (unpaired) electrons. The fraction of sp³-hybridized carbons (Fsp3) is 0.462. The van der Waals surface area contributed by atoms with Crippen LogP contribution in [0, 0.1) is 17.5 Å². The summed E-state index contributed by atoms with van der Waals surface area (Å²) < 4.78 is 39.8. The van der Waals surface area contributed by atoms with Gasteiger partial charge in [0.25, 0.3) is 0 Å². The fourth-order valence-corrected chi connectivity index (χ4v) is 1.99. The second-order valence-electron chi connectivity index (χ2n) is 4.70. The number of rotatable bonds is 6. The van der Waals surface area contributed by atoms with Crippen molar-refractivity contribution in [3.8, 4) is 0 Å². The molecule has 5 nitrogen and oxygen atoms in total. The van der Waals surface area contributed by atoms with E-state index in [2.05, 4.69) is 20.7 Å². The molecule has 1 unspecified atom stereocenters. The number of halogens is 3. The second-order valence-corrected chi connectivity index (χ2v) is 4.70. The summed E-state index contributed by atoms with van der Waals surface area (Å²) in [5, 5.41) is 14.7. The Balaban J connectivity index is 2.26. The Bertz CT molecular complexity index is 591. The van der Waals surface area contributed by atoms with Crippen LogP contribution in [0.5, 0.6) is 0 Å². The van der Waals surface area contributed by atoms with Gasteiger partial charge in [0.1, 0.15) is 0 Å². The summed E-state index contributed by atoms with van der Waals surface area (Å²) in [4.78, 5) is 1.30. The maximum atomic E-state index is 13.4. The first-order valence-corrected chi connectivity index (χ1v) is 6.62. The molecule has 0 aliphatic heterocycles. The SMILES string of the molecule is CCCNC(Cc1nnn(C)n1)c1cc(F)c(F)c(F)c1. The number of aryl methyl sites for hydroxylation is 1. The van der Waals surface area contributed by atoms with E-state index in [0.29, 0.717) is 24.4 Å². The smallest absolute Gasteiger partial charge is 0.194 e.